The minimum absolute atomic E-state index is 0.0819. The second kappa shape index (κ2) is 6.14. The molecule has 1 unspecified atom stereocenters. The summed E-state index contributed by atoms with van der Waals surface area (Å²) < 4.78 is 26.2. The van der Waals surface area contributed by atoms with Gasteiger partial charge in [0.15, 0.2) is 11.6 Å². The highest BCUT2D eigenvalue weighted by Gasteiger charge is 2.12. The Hall–Kier alpha value is -1.74. The molecule has 0 aliphatic heterocycles. The molecule has 20 heavy (non-hydrogen) atoms. The average Bonchev–Trinajstić information content (AvgIpc) is 2.38. The van der Waals surface area contributed by atoms with Crippen LogP contribution in [0.1, 0.15) is 28.3 Å². The van der Waals surface area contributed by atoms with Crippen molar-refractivity contribution < 1.29 is 8.78 Å². The van der Waals surface area contributed by atoms with Crippen molar-refractivity contribution in [2.45, 2.75) is 26.3 Å². The van der Waals surface area contributed by atoms with Gasteiger partial charge in [-0.15, -0.1) is 0 Å². The first-order valence-corrected chi connectivity index (χ1v) is 6.69. The van der Waals surface area contributed by atoms with Crippen LogP contribution >= 0.6 is 0 Å². The van der Waals surface area contributed by atoms with E-state index >= 15 is 0 Å². The maximum absolute atomic E-state index is 13.3. The predicted octanol–water partition coefficient (Wildman–Crippen LogP) is 4.08. The molecule has 0 aliphatic rings. The quantitative estimate of drug-likeness (QED) is 0.886. The van der Waals surface area contributed by atoms with Gasteiger partial charge in [0, 0.05) is 6.04 Å². The van der Waals surface area contributed by atoms with Crippen LogP contribution in [0.5, 0.6) is 0 Å². The van der Waals surface area contributed by atoms with E-state index in [0.29, 0.717) is 6.42 Å². The van der Waals surface area contributed by atoms with Crippen molar-refractivity contribution in [3.63, 3.8) is 0 Å². The van der Waals surface area contributed by atoms with E-state index in [1.807, 2.05) is 7.05 Å². The Bertz CT molecular complexity index is 588. The number of likely N-dealkylation sites (N-methyl/N-ethyl adjacent to an activating group) is 1. The third-order valence-corrected chi connectivity index (χ3v) is 3.42. The highest BCUT2D eigenvalue weighted by molar-refractivity contribution is 5.32. The molecule has 0 heterocycles. The fraction of sp³-hybridized carbons (Fsp3) is 0.294. The number of halogens is 2. The van der Waals surface area contributed by atoms with E-state index in [4.69, 9.17) is 0 Å². The highest BCUT2D eigenvalue weighted by atomic mass is 19.2. The third-order valence-electron chi connectivity index (χ3n) is 3.42. The van der Waals surface area contributed by atoms with Crippen molar-refractivity contribution in [3.05, 3.63) is 70.3 Å². The molecule has 1 nitrogen and oxygen atoms in total. The van der Waals surface area contributed by atoms with Gasteiger partial charge < -0.3 is 5.32 Å². The first-order chi connectivity index (χ1) is 9.49. The summed E-state index contributed by atoms with van der Waals surface area (Å²) in [5.41, 5.74) is 4.34. The summed E-state index contributed by atoms with van der Waals surface area (Å²) in [5, 5.41) is 3.24. The first-order valence-electron chi connectivity index (χ1n) is 6.69. The molecule has 3 heteroatoms. The maximum Gasteiger partial charge on any atom is 0.159 e. The lowest BCUT2D eigenvalue weighted by atomic mass is 9.96. The SMILES string of the molecule is CNC(Cc1ccc(F)c(F)c1)c1cc(C)cc(C)c1. The molecule has 0 spiro atoms. The molecule has 1 N–H and O–H groups in total. The molecule has 106 valence electrons. The molecule has 0 saturated carbocycles. The Kier molecular flexibility index (Phi) is 4.50. The summed E-state index contributed by atoms with van der Waals surface area (Å²) in [7, 11) is 1.88. The molecular weight excluding hydrogens is 256 g/mol. The molecule has 0 radical (unpaired) electrons. The molecule has 0 aliphatic carbocycles. The van der Waals surface area contributed by atoms with Crippen molar-refractivity contribution in [2.24, 2.45) is 0 Å². The van der Waals surface area contributed by atoms with Gasteiger partial charge in [0.05, 0.1) is 0 Å². The Morgan fingerprint density at radius 1 is 0.950 bits per heavy atom. The molecule has 0 fully saturated rings. The van der Waals surface area contributed by atoms with Crippen LogP contribution < -0.4 is 5.32 Å². The summed E-state index contributed by atoms with van der Waals surface area (Å²) in [6, 6.07) is 10.5. The zero-order chi connectivity index (χ0) is 14.7. The van der Waals surface area contributed by atoms with Crippen molar-refractivity contribution >= 4 is 0 Å². The van der Waals surface area contributed by atoms with Gasteiger partial charge in [0.25, 0.3) is 0 Å². The number of nitrogens with one attached hydrogen (secondary N) is 1. The van der Waals surface area contributed by atoms with E-state index in [0.717, 1.165) is 11.1 Å². The Labute approximate surface area is 118 Å². The van der Waals surface area contributed by atoms with Crippen LogP contribution in [0.3, 0.4) is 0 Å². The molecule has 0 saturated heterocycles. The van der Waals surface area contributed by atoms with Gasteiger partial charge >= 0.3 is 0 Å². The highest BCUT2D eigenvalue weighted by Crippen LogP contribution is 2.21. The van der Waals surface area contributed by atoms with E-state index in [1.54, 1.807) is 6.07 Å². The van der Waals surface area contributed by atoms with Crippen LogP contribution in [-0.4, -0.2) is 7.05 Å². The summed E-state index contributed by atoms with van der Waals surface area (Å²) >= 11 is 0. The topological polar surface area (TPSA) is 12.0 Å². The lowest BCUT2D eigenvalue weighted by molar-refractivity contribution is 0.504. The lowest BCUT2D eigenvalue weighted by Gasteiger charge is -2.18. The number of aryl methyl sites for hydroxylation is 2. The predicted molar refractivity (Wildman–Crippen MR) is 77.8 cm³/mol. The van der Waals surface area contributed by atoms with E-state index in [-0.39, 0.29) is 6.04 Å². The number of benzene rings is 2. The van der Waals surface area contributed by atoms with Crippen LogP contribution in [0.4, 0.5) is 8.78 Å². The fourth-order valence-corrected chi connectivity index (χ4v) is 2.50. The second-order valence-electron chi connectivity index (χ2n) is 5.21. The van der Waals surface area contributed by atoms with Crippen molar-refractivity contribution in [1.82, 2.24) is 5.32 Å². The zero-order valence-corrected chi connectivity index (χ0v) is 12.0. The van der Waals surface area contributed by atoms with Gasteiger partial charge in [-0.25, -0.2) is 8.78 Å². The summed E-state index contributed by atoms with van der Waals surface area (Å²) in [6.07, 6.45) is 0.622. The molecule has 0 aromatic heterocycles. The monoisotopic (exact) mass is 275 g/mol. The van der Waals surface area contributed by atoms with Gasteiger partial charge in [-0.2, -0.15) is 0 Å². The van der Waals surface area contributed by atoms with E-state index in [9.17, 15) is 8.78 Å². The Morgan fingerprint density at radius 2 is 1.60 bits per heavy atom. The normalized spacial score (nSPS) is 12.4. The largest absolute Gasteiger partial charge is 0.313 e. The molecule has 2 aromatic rings. The Balaban J connectivity index is 2.26. The minimum atomic E-state index is -0.804. The molecule has 0 bridgehead atoms. The second-order valence-corrected chi connectivity index (χ2v) is 5.21. The third kappa shape index (κ3) is 3.42. The van der Waals surface area contributed by atoms with Gasteiger partial charge in [0.1, 0.15) is 0 Å². The van der Waals surface area contributed by atoms with Gasteiger partial charge in [-0.1, -0.05) is 35.4 Å². The van der Waals surface area contributed by atoms with Crippen molar-refractivity contribution in [1.29, 1.82) is 0 Å². The Morgan fingerprint density at radius 3 is 2.15 bits per heavy atom. The van der Waals surface area contributed by atoms with Crippen LogP contribution in [0, 0.1) is 25.5 Å². The molecule has 1 atom stereocenters. The molecule has 2 aromatic carbocycles. The summed E-state index contributed by atoms with van der Waals surface area (Å²) in [6.45, 7) is 4.11. The van der Waals surface area contributed by atoms with E-state index in [1.165, 1.54) is 23.3 Å². The number of rotatable bonds is 4. The van der Waals surface area contributed by atoms with E-state index < -0.39 is 11.6 Å². The van der Waals surface area contributed by atoms with Crippen LogP contribution in [0.15, 0.2) is 36.4 Å². The van der Waals surface area contributed by atoms with Crippen LogP contribution in [0.2, 0.25) is 0 Å². The fourth-order valence-electron chi connectivity index (χ4n) is 2.50. The lowest BCUT2D eigenvalue weighted by Crippen LogP contribution is -2.19. The van der Waals surface area contributed by atoms with Crippen molar-refractivity contribution in [3.8, 4) is 0 Å². The smallest absolute Gasteiger partial charge is 0.159 e. The molecule has 0 amide bonds. The summed E-state index contributed by atoms with van der Waals surface area (Å²) in [4.78, 5) is 0. The van der Waals surface area contributed by atoms with Crippen molar-refractivity contribution in [2.75, 3.05) is 7.05 Å². The first kappa shape index (κ1) is 14.7. The number of hydrogen-bond acceptors (Lipinski definition) is 1. The zero-order valence-electron chi connectivity index (χ0n) is 12.0. The van der Waals surface area contributed by atoms with Crippen LogP contribution in [0.25, 0.3) is 0 Å². The van der Waals surface area contributed by atoms with E-state index in [2.05, 4.69) is 37.4 Å². The standard InChI is InChI=1S/C17H19F2N/c1-11-6-12(2)8-14(7-11)17(20-3)10-13-4-5-15(18)16(19)9-13/h4-9,17,20H,10H2,1-3H3. The number of hydrogen-bond donors (Lipinski definition) is 1. The van der Waals surface area contributed by atoms with Gasteiger partial charge in [0.2, 0.25) is 0 Å². The average molecular weight is 275 g/mol. The maximum atomic E-state index is 13.3. The minimum Gasteiger partial charge on any atom is -0.313 e. The molecular formula is C17H19F2N. The van der Waals surface area contributed by atoms with Crippen LogP contribution in [-0.2, 0) is 6.42 Å². The summed E-state index contributed by atoms with van der Waals surface area (Å²) in [5.74, 6) is -1.60. The van der Waals surface area contributed by atoms with Gasteiger partial charge in [-0.3, -0.25) is 0 Å². The van der Waals surface area contributed by atoms with Gasteiger partial charge in [-0.05, 0) is 50.6 Å². The molecule has 2 rings (SSSR count).